The summed E-state index contributed by atoms with van der Waals surface area (Å²) in [5, 5.41) is 3.39. The van der Waals surface area contributed by atoms with E-state index in [1.165, 1.54) is 11.1 Å². The van der Waals surface area contributed by atoms with Crippen molar-refractivity contribution < 1.29 is 0 Å². The predicted molar refractivity (Wildman–Crippen MR) is 75.2 cm³/mol. The summed E-state index contributed by atoms with van der Waals surface area (Å²) in [7, 11) is 0. The third kappa shape index (κ3) is 3.07. The summed E-state index contributed by atoms with van der Waals surface area (Å²) in [6, 6.07) is 10.4. The highest BCUT2D eigenvalue weighted by atomic mass is 79.9. The second kappa shape index (κ2) is 5.32. The fourth-order valence-corrected chi connectivity index (χ4v) is 2.04. The number of rotatable bonds is 3. The lowest BCUT2D eigenvalue weighted by Crippen LogP contribution is -2.01. The summed E-state index contributed by atoms with van der Waals surface area (Å²) < 4.78 is 1.15. The van der Waals surface area contributed by atoms with Gasteiger partial charge >= 0.3 is 0 Å². The normalized spacial score (nSPS) is 10.3. The number of pyridine rings is 1. The number of aromatic nitrogens is 1. The van der Waals surface area contributed by atoms with E-state index in [0.717, 1.165) is 22.4 Å². The molecule has 0 aliphatic rings. The van der Waals surface area contributed by atoms with Crippen LogP contribution in [0.4, 0.5) is 5.69 Å². The number of aryl methyl sites for hydroxylation is 2. The Morgan fingerprint density at radius 3 is 2.76 bits per heavy atom. The summed E-state index contributed by atoms with van der Waals surface area (Å²) in [6.45, 7) is 4.91. The van der Waals surface area contributed by atoms with E-state index in [-0.39, 0.29) is 0 Å². The highest BCUT2D eigenvalue weighted by Gasteiger charge is 2.00. The molecule has 0 amide bonds. The van der Waals surface area contributed by atoms with Crippen LogP contribution in [-0.2, 0) is 6.54 Å². The molecule has 1 N–H and O–H groups in total. The zero-order valence-corrected chi connectivity index (χ0v) is 11.6. The molecule has 2 rings (SSSR count). The number of hydrogen-bond acceptors (Lipinski definition) is 2. The van der Waals surface area contributed by atoms with Gasteiger partial charge in [-0.3, -0.25) is 4.98 Å². The summed E-state index contributed by atoms with van der Waals surface area (Å²) >= 11 is 3.55. The molecule has 88 valence electrons. The Labute approximate surface area is 110 Å². The maximum Gasteiger partial charge on any atom is 0.0603 e. The lowest BCUT2D eigenvalue weighted by Gasteiger charge is -2.09. The molecule has 1 heterocycles. The average Bonchev–Trinajstić information content (AvgIpc) is 2.32. The van der Waals surface area contributed by atoms with E-state index in [0.29, 0.717) is 0 Å². The van der Waals surface area contributed by atoms with E-state index in [9.17, 15) is 0 Å². The molecule has 0 radical (unpaired) electrons. The van der Waals surface area contributed by atoms with Crippen LogP contribution in [0.2, 0.25) is 0 Å². The molecule has 17 heavy (non-hydrogen) atoms. The number of halogens is 1. The van der Waals surface area contributed by atoms with Crippen molar-refractivity contribution in [3.8, 4) is 0 Å². The van der Waals surface area contributed by atoms with Gasteiger partial charge in [0, 0.05) is 17.2 Å². The quantitative estimate of drug-likeness (QED) is 0.922. The third-order valence-electron chi connectivity index (χ3n) is 2.73. The molecule has 0 spiro atoms. The molecule has 1 aromatic heterocycles. The Morgan fingerprint density at radius 1 is 1.24 bits per heavy atom. The van der Waals surface area contributed by atoms with Crippen LogP contribution in [-0.4, -0.2) is 4.98 Å². The van der Waals surface area contributed by atoms with Gasteiger partial charge in [-0.2, -0.15) is 0 Å². The lowest BCUT2D eigenvalue weighted by molar-refractivity contribution is 1.10. The van der Waals surface area contributed by atoms with Gasteiger partial charge in [0.15, 0.2) is 0 Å². The Morgan fingerprint density at radius 2 is 2.06 bits per heavy atom. The largest absolute Gasteiger partial charge is 0.380 e. The monoisotopic (exact) mass is 290 g/mol. The first-order chi connectivity index (χ1) is 8.16. The second-order valence-corrected chi connectivity index (χ2v) is 4.93. The first-order valence-electron chi connectivity index (χ1n) is 5.57. The van der Waals surface area contributed by atoms with Crippen LogP contribution in [0.25, 0.3) is 0 Å². The number of nitrogens with zero attached hydrogens (tertiary/aromatic N) is 1. The first-order valence-corrected chi connectivity index (χ1v) is 6.36. The smallest absolute Gasteiger partial charge is 0.0603 e. The maximum absolute atomic E-state index is 4.25. The molecule has 0 unspecified atom stereocenters. The Bertz CT molecular complexity index is 523. The van der Waals surface area contributed by atoms with Gasteiger partial charge in [-0.25, -0.2) is 0 Å². The molecule has 1 aromatic carbocycles. The standard InChI is InChI=1S/C14H15BrN2/c1-10-5-6-12(8-13(10)15)9-17-14-4-3-7-16-11(14)2/h3-8,17H,9H2,1-2H3. The van der Waals surface area contributed by atoms with Crippen molar-refractivity contribution in [2.75, 3.05) is 5.32 Å². The Balaban J connectivity index is 2.08. The highest BCUT2D eigenvalue weighted by molar-refractivity contribution is 9.10. The van der Waals surface area contributed by atoms with E-state index in [1.54, 1.807) is 0 Å². The Kier molecular flexibility index (Phi) is 3.79. The van der Waals surface area contributed by atoms with Crippen LogP contribution in [0.3, 0.4) is 0 Å². The van der Waals surface area contributed by atoms with Gasteiger partial charge in [0.05, 0.1) is 11.4 Å². The van der Waals surface area contributed by atoms with Gasteiger partial charge in [-0.05, 0) is 43.2 Å². The number of hydrogen-bond donors (Lipinski definition) is 1. The third-order valence-corrected chi connectivity index (χ3v) is 3.58. The van der Waals surface area contributed by atoms with E-state index in [2.05, 4.69) is 51.4 Å². The van der Waals surface area contributed by atoms with E-state index < -0.39 is 0 Å². The molecule has 0 saturated heterocycles. The van der Waals surface area contributed by atoms with Gasteiger partial charge in [0.25, 0.3) is 0 Å². The number of nitrogens with one attached hydrogen (secondary N) is 1. The fourth-order valence-electron chi connectivity index (χ4n) is 1.61. The summed E-state index contributed by atoms with van der Waals surface area (Å²) in [5.74, 6) is 0. The van der Waals surface area contributed by atoms with Gasteiger partial charge in [0.2, 0.25) is 0 Å². The number of benzene rings is 1. The Hall–Kier alpha value is -1.35. The van der Waals surface area contributed by atoms with E-state index in [4.69, 9.17) is 0 Å². The average molecular weight is 291 g/mol. The van der Waals surface area contributed by atoms with E-state index in [1.807, 2.05) is 25.3 Å². The van der Waals surface area contributed by atoms with Crippen LogP contribution in [0.1, 0.15) is 16.8 Å². The van der Waals surface area contributed by atoms with Crippen LogP contribution < -0.4 is 5.32 Å². The summed E-state index contributed by atoms with van der Waals surface area (Å²) in [4.78, 5) is 4.25. The minimum absolute atomic E-state index is 0.811. The fraction of sp³-hybridized carbons (Fsp3) is 0.214. The molecule has 0 fully saturated rings. The molecule has 0 atom stereocenters. The molecule has 2 nitrogen and oxygen atoms in total. The van der Waals surface area contributed by atoms with Crippen LogP contribution >= 0.6 is 15.9 Å². The second-order valence-electron chi connectivity index (χ2n) is 4.07. The molecule has 0 aliphatic carbocycles. The van der Waals surface area contributed by atoms with Crippen molar-refractivity contribution in [3.05, 3.63) is 57.8 Å². The number of anilines is 1. The molecular formula is C14H15BrN2. The molecule has 0 aliphatic heterocycles. The molecular weight excluding hydrogens is 276 g/mol. The van der Waals surface area contributed by atoms with Crippen LogP contribution in [0, 0.1) is 13.8 Å². The maximum atomic E-state index is 4.25. The van der Waals surface area contributed by atoms with Crippen molar-refractivity contribution in [1.82, 2.24) is 4.98 Å². The van der Waals surface area contributed by atoms with Crippen molar-refractivity contribution in [2.45, 2.75) is 20.4 Å². The van der Waals surface area contributed by atoms with Gasteiger partial charge in [0.1, 0.15) is 0 Å². The van der Waals surface area contributed by atoms with Crippen molar-refractivity contribution in [1.29, 1.82) is 0 Å². The minimum Gasteiger partial charge on any atom is -0.380 e. The van der Waals surface area contributed by atoms with Gasteiger partial charge in [-0.1, -0.05) is 28.1 Å². The summed E-state index contributed by atoms with van der Waals surface area (Å²) in [5.41, 5.74) is 4.62. The van der Waals surface area contributed by atoms with Crippen molar-refractivity contribution in [3.63, 3.8) is 0 Å². The molecule has 3 heteroatoms. The molecule has 0 bridgehead atoms. The zero-order chi connectivity index (χ0) is 12.3. The molecule has 2 aromatic rings. The van der Waals surface area contributed by atoms with E-state index >= 15 is 0 Å². The minimum atomic E-state index is 0.811. The topological polar surface area (TPSA) is 24.9 Å². The predicted octanol–water partition coefficient (Wildman–Crippen LogP) is 4.07. The van der Waals surface area contributed by atoms with Gasteiger partial charge in [-0.15, -0.1) is 0 Å². The highest BCUT2D eigenvalue weighted by Crippen LogP contribution is 2.19. The SMILES string of the molecule is Cc1ccc(CNc2cccnc2C)cc1Br. The van der Waals surface area contributed by atoms with Crippen LogP contribution in [0.5, 0.6) is 0 Å². The van der Waals surface area contributed by atoms with Crippen molar-refractivity contribution in [2.24, 2.45) is 0 Å². The summed E-state index contributed by atoms with van der Waals surface area (Å²) in [6.07, 6.45) is 1.81. The lowest BCUT2D eigenvalue weighted by atomic mass is 10.1. The van der Waals surface area contributed by atoms with Crippen molar-refractivity contribution >= 4 is 21.6 Å². The first kappa shape index (κ1) is 12.1. The van der Waals surface area contributed by atoms with Gasteiger partial charge < -0.3 is 5.32 Å². The zero-order valence-electron chi connectivity index (χ0n) is 10.00. The van der Waals surface area contributed by atoms with Crippen LogP contribution in [0.15, 0.2) is 41.0 Å². The molecule has 0 saturated carbocycles.